The maximum absolute atomic E-state index is 14.0. The molecular formula is C25H25Cl2N3O3S. The zero-order valence-electron chi connectivity index (χ0n) is 18.6. The van der Waals surface area contributed by atoms with Crippen LogP contribution >= 0.6 is 34.7 Å². The fourth-order valence-corrected chi connectivity index (χ4v) is 5.33. The van der Waals surface area contributed by atoms with Crippen LogP contribution in [0.2, 0.25) is 9.36 Å². The lowest BCUT2D eigenvalue weighted by molar-refractivity contribution is -0.123. The number of carbonyl (C=O) groups excluding carboxylic acids is 2. The first-order chi connectivity index (χ1) is 16.4. The summed E-state index contributed by atoms with van der Waals surface area (Å²) in [6.07, 6.45) is 4.58. The minimum atomic E-state index is -1.00. The Kier molecular flexibility index (Phi) is 7.76. The van der Waals surface area contributed by atoms with Gasteiger partial charge in [0.1, 0.15) is 21.2 Å². The molecule has 4 rings (SSSR count). The van der Waals surface area contributed by atoms with Crippen molar-refractivity contribution in [1.82, 2.24) is 9.69 Å². The summed E-state index contributed by atoms with van der Waals surface area (Å²) in [4.78, 5) is 29.2. The topological polar surface area (TPSA) is 82.5 Å². The molecule has 1 saturated carbocycles. The highest BCUT2D eigenvalue weighted by Gasteiger charge is 2.37. The fraction of sp³-hybridized carbons (Fsp3) is 0.320. The highest BCUT2D eigenvalue weighted by Crippen LogP contribution is 2.37. The molecular weight excluding hydrogens is 493 g/mol. The standard InChI is InChI=1S/C25H25Cl2N3O3S/c1-2-15-7-3-6-10-19(15)30(25(33)21-20(26)23(27)34-29-21)22(16-11-13-18(31)14-12-16)24(32)28-17-8-4-5-9-17/h3,6-7,10-14,17,22,31H,2,4-5,8-9H2,1H3,(H,28,32). The summed E-state index contributed by atoms with van der Waals surface area (Å²) < 4.78 is 4.40. The number of carbonyl (C=O) groups is 2. The van der Waals surface area contributed by atoms with Gasteiger partial charge >= 0.3 is 0 Å². The van der Waals surface area contributed by atoms with Crippen molar-refractivity contribution in [3.05, 3.63) is 74.7 Å². The molecule has 1 unspecified atom stereocenters. The third kappa shape index (κ3) is 5.06. The molecule has 6 nitrogen and oxygen atoms in total. The predicted octanol–water partition coefficient (Wildman–Crippen LogP) is 6.16. The van der Waals surface area contributed by atoms with Gasteiger partial charge < -0.3 is 10.4 Å². The second-order valence-electron chi connectivity index (χ2n) is 8.26. The van der Waals surface area contributed by atoms with Crippen molar-refractivity contribution in [3.63, 3.8) is 0 Å². The molecule has 1 atom stereocenters. The van der Waals surface area contributed by atoms with Crippen LogP contribution < -0.4 is 10.2 Å². The summed E-state index contributed by atoms with van der Waals surface area (Å²) in [5.41, 5.74) is 2.05. The largest absolute Gasteiger partial charge is 0.508 e. The van der Waals surface area contributed by atoms with Crippen LogP contribution in [-0.4, -0.2) is 27.3 Å². The van der Waals surface area contributed by atoms with E-state index in [1.54, 1.807) is 12.1 Å². The van der Waals surface area contributed by atoms with Gasteiger partial charge in [-0.1, -0.05) is 73.3 Å². The van der Waals surface area contributed by atoms with Gasteiger partial charge in [0.05, 0.1) is 0 Å². The van der Waals surface area contributed by atoms with E-state index in [2.05, 4.69) is 9.69 Å². The second kappa shape index (κ2) is 10.8. The van der Waals surface area contributed by atoms with Crippen molar-refractivity contribution in [2.45, 2.75) is 51.1 Å². The Bertz CT molecular complexity index is 1180. The monoisotopic (exact) mass is 517 g/mol. The summed E-state index contributed by atoms with van der Waals surface area (Å²) in [5, 5.41) is 13.0. The zero-order valence-corrected chi connectivity index (χ0v) is 21.0. The first kappa shape index (κ1) is 24.5. The SMILES string of the molecule is CCc1ccccc1N(C(=O)c1nsc(Cl)c1Cl)C(C(=O)NC1CCCC1)c1ccc(O)cc1. The molecule has 1 aromatic heterocycles. The van der Waals surface area contributed by atoms with Crippen molar-refractivity contribution in [1.29, 1.82) is 0 Å². The summed E-state index contributed by atoms with van der Waals surface area (Å²) in [7, 11) is 0. The molecule has 1 aliphatic rings. The average molecular weight is 518 g/mol. The van der Waals surface area contributed by atoms with Gasteiger partial charge in [-0.25, -0.2) is 0 Å². The van der Waals surface area contributed by atoms with Crippen LogP contribution in [0.3, 0.4) is 0 Å². The Hall–Kier alpha value is -2.61. The van der Waals surface area contributed by atoms with Gasteiger partial charge in [0.2, 0.25) is 5.91 Å². The maximum Gasteiger partial charge on any atom is 0.280 e. The van der Waals surface area contributed by atoms with Crippen LogP contribution in [0.25, 0.3) is 0 Å². The molecule has 2 aromatic carbocycles. The molecule has 178 valence electrons. The van der Waals surface area contributed by atoms with E-state index in [0.717, 1.165) is 42.8 Å². The van der Waals surface area contributed by atoms with E-state index in [-0.39, 0.29) is 32.8 Å². The number of nitrogens with zero attached hydrogens (tertiary/aromatic N) is 2. The molecule has 9 heteroatoms. The molecule has 2 amide bonds. The number of anilines is 1. The number of aromatic nitrogens is 1. The molecule has 1 fully saturated rings. The maximum atomic E-state index is 14.0. The van der Waals surface area contributed by atoms with Crippen molar-refractivity contribution in [3.8, 4) is 5.75 Å². The van der Waals surface area contributed by atoms with Crippen LogP contribution in [0.1, 0.15) is 60.3 Å². The first-order valence-electron chi connectivity index (χ1n) is 11.2. The highest BCUT2D eigenvalue weighted by atomic mass is 35.5. The molecule has 2 N–H and O–H groups in total. The molecule has 3 aromatic rings. The number of amides is 2. The second-order valence-corrected chi connectivity index (χ2v) is 10.0. The predicted molar refractivity (Wildman–Crippen MR) is 136 cm³/mol. The summed E-state index contributed by atoms with van der Waals surface area (Å²) >= 11 is 13.4. The van der Waals surface area contributed by atoms with Crippen LogP contribution in [0.4, 0.5) is 5.69 Å². The number of nitrogens with one attached hydrogen (secondary N) is 1. The van der Waals surface area contributed by atoms with Gasteiger partial charge in [-0.05, 0) is 60.1 Å². The van der Waals surface area contributed by atoms with Gasteiger partial charge in [0, 0.05) is 11.7 Å². The van der Waals surface area contributed by atoms with E-state index in [1.165, 1.54) is 17.0 Å². The Morgan fingerprint density at radius 1 is 1.15 bits per heavy atom. The number of phenolic OH excluding ortho intramolecular Hbond substituents is 1. The van der Waals surface area contributed by atoms with E-state index in [9.17, 15) is 14.7 Å². The lowest BCUT2D eigenvalue weighted by Crippen LogP contribution is -2.46. The van der Waals surface area contributed by atoms with E-state index in [4.69, 9.17) is 23.2 Å². The number of benzene rings is 2. The third-order valence-corrected chi connectivity index (χ3v) is 7.68. The van der Waals surface area contributed by atoms with Crippen LogP contribution in [-0.2, 0) is 11.2 Å². The van der Waals surface area contributed by atoms with Crippen molar-refractivity contribution in [2.75, 3.05) is 4.90 Å². The summed E-state index contributed by atoms with van der Waals surface area (Å²) in [6.45, 7) is 1.99. The molecule has 34 heavy (non-hydrogen) atoms. The summed E-state index contributed by atoms with van der Waals surface area (Å²) in [6, 6.07) is 12.8. The number of para-hydroxylation sites is 1. The van der Waals surface area contributed by atoms with Gasteiger partial charge in [-0.15, -0.1) is 0 Å². The quantitative estimate of drug-likeness (QED) is 0.392. The van der Waals surface area contributed by atoms with E-state index >= 15 is 0 Å². The average Bonchev–Trinajstić information content (AvgIpc) is 3.47. The van der Waals surface area contributed by atoms with E-state index < -0.39 is 11.9 Å². The minimum absolute atomic E-state index is 0.0000162. The minimum Gasteiger partial charge on any atom is -0.508 e. The Morgan fingerprint density at radius 3 is 2.44 bits per heavy atom. The Labute approximate surface area is 212 Å². The van der Waals surface area contributed by atoms with Crippen LogP contribution in [0, 0.1) is 0 Å². The fourth-order valence-electron chi connectivity index (χ4n) is 4.34. The number of hydrogen-bond acceptors (Lipinski definition) is 5. The van der Waals surface area contributed by atoms with Crippen LogP contribution in [0.15, 0.2) is 48.5 Å². The highest BCUT2D eigenvalue weighted by molar-refractivity contribution is 7.11. The van der Waals surface area contributed by atoms with Gasteiger partial charge in [-0.2, -0.15) is 4.37 Å². The van der Waals surface area contributed by atoms with Crippen molar-refractivity contribution < 1.29 is 14.7 Å². The number of aryl methyl sites for hydroxylation is 1. The first-order valence-corrected chi connectivity index (χ1v) is 12.7. The number of halogens is 2. The smallest absolute Gasteiger partial charge is 0.280 e. The Morgan fingerprint density at radius 2 is 1.82 bits per heavy atom. The number of phenols is 1. The van der Waals surface area contributed by atoms with Gasteiger partial charge in [0.25, 0.3) is 5.91 Å². The van der Waals surface area contributed by atoms with Crippen molar-refractivity contribution in [2.24, 2.45) is 0 Å². The lowest BCUT2D eigenvalue weighted by atomic mass is 9.99. The third-order valence-electron chi connectivity index (χ3n) is 6.07. The van der Waals surface area contributed by atoms with Gasteiger partial charge in [-0.3, -0.25) is 14.5 Å². The van der Waals surface area contributed by atoms with E-state index in [0.29, 0.717) is 17.7 Å². The van der Waals surface area contributed by atoms with Gasteiger partial charge in [0.15, 0.2) is 5.69 Å². The molecule has 0 spiro atoms. The lowest BCUT2D eigenvalue weighted by Gasteiger charge is -2.33. The normalized spacial score (nSPS) is 14.7. The van der Waals surface area contributed by atoms with E-state index in [1.807, 2.05) is 31.2 Å². The molecule has 0 bridgehead atoms. The van der Waals surface area contributed by atoms with Crippen molar-refractivity contribution >= 4 is 52.2 Å². The zero-order chi connectivity index (χ0) is 24.2. The molecule has 0 aliphatic heterocycles. The van der Waals surface area contributed by atoms with Crippen LogP contribution in [0.5, 0.6) is 5.75 Å². The molecule has 0 saturated heterocycles. The number of rotatable bonds is 7. The number of hydrogen-bond donors (Lipinski definition) is 2. The number of aromatic hydroxyl groups is 1. The molecule has 1 aliphatic carbocycles. The summed E-state index contributed by atoms with van der Waals surface area (Å²) in [5.74, 6) is -0.747. The Balaban J connectivity index is 1.87. The molecule has 0 radical (unpaired) electrons. The molecule has 1 heterocycles.